The summed E-state index contributed by atoms with van der Waals surface area (Å²) in [6.07, 6.45) is 6.90. The van der Waals surface area contributed by atoms with Crippen LogP contribution in [0.15, 0.2) is 60.0 Å². The predicted octanol–water partition coefficient (Wildman–Crippen LogP) is 3.43. The number of halogens is 3. The van der Waals surface area contributed by atoms with E-state index in [-0.39, 0.29) is 6.04 Å². The SMILES string of the molecule is CC1CN(c2ccc(S(=O)(=O)C(F)(F)F)cc2)CN1Cc1ccncc1-c1ncc[nH]1. The van der Waals surface area contributed by atoms with Crippen molar-refractivity contribution in [2.45, 2.75) is 29.9 Å². The Hall–Kier alpha value is -2.92. The number of hydrogen-bond acceptors (Lipinski definition) is 6. The molecule has 3 heterocycles. The van der Waals surface area contributed by atoms with Crippen molar-refractivity contribution in [2.24, 2.45) is 0 Å². The molecule has 1 fully saturated rings. The number of hydrogen-bond donors (Lipinski definition) is 1. The lowest BCUT2D eigenvalue weighted by atomic mass is 10.1. The van der Waals surface area contributed by atoms with Gasteiger partial charge >= 0.3 is 5.51 Å². The molecule has 31 heavy (non-hydrogen) atoms. The van der Waals surface area contributed by atoms with Crippen LogP contribution < -0.4 is 4.90 Å². The van der Waals surface area contributed by atoms with Crippen LogP contribution in [-0.2, 0) is 16.4 Å². The summed E-state index contributed by atoms with van der Waals surface area (Å²) in [4.78, 5) is 15.0. The van der Waals surface area contributed by atoms with Crippen LogP contribution >= 0.6 is 0 Å². The molecule has 1 atom stereocenters. The normalized spacial score (nSPS) is 17.9. The monoisotopic (exact) mass is 451 g/mol. The number of rotatable bonds is 5. The Kier molecular flexibility index (Phi) is 5.48. The van der Waals surface area contributed by atoms with Crippen LogP contribution in [0.1, 0.15) is 12.5 Å². The molecule has 0 radical (unpaired) electrons. The van der Waals surface area contributed by atoms with Gasteiger partial charge in [0.25, 0.3) is 9.84 Å². The van der Waals surface area contributed by atoms with E-state index in [1.54, 1.807) is 24.8 Å². The van der Waals surface area contributed by atoms with Gasteiger partial charge in [0.15, 0.2) is 0 Å². The molecule has 1 unspecified atom stereocenters. The summed E-state index contributed by atoms with van der Waals surface area (Å²) in [7, 11) is -5.35. The molecule has 0 amide bonds. The summed E-state index contributed by atoms with van der Waals surface area (Å²) < 4.78 is 61.4. The minimum atomic E-state index is -5.35. The van der Waals surface area contributed by atoms with Crippen molar-refractivity contribution < 1.29 is 21.6 Å². The highest BCUT2D eigenvalue weighted by Crippen LogP contribution is 2.32. The van der Waals surface area contributed by atoms with E-state index >= 15 is 0 Å². The maximum Gasteiger partial charge on any atom is 0.501 e. The molecule has 0 aliphatic carbocycles. The lowest BCUT2D eigenvalue weighted by molar-refractivity contribution is -0.0436. The Morgan fingerprint density at radius 1 is 1.16 bits per heavy atom. The number of aromatic amines is 1. The molecular formula is C20H20F3N5O2S. The summed E-state index contributed by atoms with van der Waals surface area (Å²) in [6.45, 7) is 3.91. The number of alkyl halides is 3. The first kappa shape index (κ1) is 21.3. The molecule has 0 bridgehead atoms. The molecule has 1 saturated heterocycles. The summed E-state index contributed by atoms with van der Waals surface area (Å²) in [5.41, 5.74) is -2.70. The molecule has 0 spiro atoms. The highest BCUT2D eigenvalue weighted by atomic mass is 32.2. The average Bonchev–Trinajstić information content (AvgIpc) is 3.38. The lowest BCUT2D eigenvalue weighted by Crippen LogP contribution is -2.28. The van der Waals surface area contributed by atoms with E-state index in [9.17, 15) is 21.6 Å². The summed E-state index contributed by atoms with van der Waals surface area (Å²) >= 11 is 0. The van der Waals surface area contributed by atoms with Crippen molar-refractivity contribution in [2.75, 3.05) is 18.1 Å². The number of nitrogens with one attached hydrogen (secondary N) is 1. The standard InChI is InChI=1S/C20H20F3N5O2S/c1-14-11-28(16-2-4-17(5-3-16)31(29,30)20(21,22)23)13-27(14)12-15-6-7-24-10-18(15)19-25-8-9-26-19/h2-10,14H,11-13H2,1H3,(H,25,26). The van der Waals surface area contributed by atoms with Gasteiger partial charge < -0.3 is 9.88 Å². The maximum absolute atomic E-state index is 12.7. The summed E-state index contributed by atoms with van der Waals surface area (Å²) in [5.74, 6) is 0.730. The van der Waals surface area contributed by atoms with Crippen LogP contribution in [0.3, 0.4) is 0 Å². The van der Waals surface area contributed by atoms with Gasteiger partial charge in [-0.25, -0.2) is 13.4 Å². The molecule has 3 aromatic rings. The van der Waals surface area contributed by atoms with E-state index in [4.69, 9.17) is 0 Å². The molecule has 1 N–H and O–H groups in total. The number of anilines is 1. The summed E-state index contributed by atoms with van der Waals surface area (Å²) in [6, 6.07) is 6.94. The molecule has 164 valence electrons. The van der Waals surface area contributed by atoms with Crippen molar-refractivity contribution in [3.63, 3.8) is 0 Å². The third kappa shape index (κ3) is 4.15. The second kappa shape index (κ2) is 7.97. The maximum atomic E-state index is 12.7. The molecule has 1 aromatic carbocycles. The molecule has 2 aromatic heterocycles. The Labute approximate surface area is 177 Å². The first-order valence-corrected chi connectivity index (χ1v) is 11.0. The number of sulfone groups is 1. The average molecular weight is 451 g/mol. The Morgan fingerprint density at radius 2 is 1.90 bits per heavy atom. The Balaban J connectivity index is 1.50. The zero-order valence-corrected chi connectivity index (χ0v) is 17.4. The van der Waals surface area contributed by atoms with Crippen molar-refractivity contribution in [1.29, 1.82) is 0 Å². The Morgan fingerprint density at radius 3 is 2.55 bits per heavy atom. The minimum absolute atomic E-state index is 0.177. The first-order valence-electron chi connectivity index (χ1n) is 9.50. The number of aromatic nitrogens is 3. The molecule has 4 rings (SSSR count). The largest absolute Gasteiger partial charge is 0.501 e. The molecule has 0 saturated carbocycles. The quantitative estimate of drug-likeness (QED) is 0.640. The van der Waals surface area contributed by atoms with Crippen molar-refractivity contribution in [3.05, 3.63) is 60.7 Å². The third-order valence-corrected chi connectivity index (χ3v) is 6.82. The Bertz CT molecular complexity index is 1150. The summed E-state index contributed by atoms with van der Waals surface area (Å²) in [5, 5.41) is 0. The lowest BCUT2D eigenvalue weighted by Gasteiger charge is -2.22. The van der Waals surface area contributed by atoms with Crippen LogP contribution in [0.25, 0.3) is 11.4 Å². The van der Waals surface area contributed by atoms with Crippen LogP contribution in [0.2, 0.25) is 0 Å². The highest BCUT2D eigenvalue weighted by molar-refractivity contribution is 7.92. The van der Waals surface area contributed by atoms with Gasteiger partial charge in [-0.2, -0.15) is 13.2 Å². The number of H-pyrrole nitrogens is 1. The predicted molar refractivity (Wildman–Crippen MR) is 109 cm³/mol. The van der Waals surface area contributed by atoms with Crippen molar-refractivity contribution in [1.82, 2.24) is 19.9 Å². The number of pyridine rings is 1. The topological polar surface area (TPSA) is 82.2 Å². The van der Waals surface area contributed by atoms with Crippen LogP contribution in [0.4, 0.5) is 18.9 Å². The van der Waals surface area contributed by atoms with E-state index in [0.717, 1.165) is 29.1 Å². The van der Waals surface area contributed by atoms with Crippen molar-refractivity contribution >= 4 is 15.5 Å². The van der Waals surface area contributed by atoms with Gasteiger partial charge in [0.2, 0.25) is 0 Å². The third-order valence-electron chi connectivity index (χ3n) is 5.32. The first-order chi connectivity index (χ1) is 14.7. The fourth-order valence-electron chi connectivity index (χ4n) is 3.62. The smallest absolute Gasteiger partial charge is 0.357 e. The highest BCUT2D eigenvalue weighted by Gasteiger charge is 2.46. The van der Waals surface area contributed by atoms with Gasteiger partial charge in [0, 0.05) is 55.2 Å². The van der Waals surface area contributed by atoms with Gasteiger partial charge in [0.05, 0.1) is 11.6 Å². The van der Waals surface area contributed by atoms with Gasteiger partial charge in [-0.1, -0.05) is 0 Å². The van der Waals surface area contributed by atoms with Gasteiger partial charge in [-0.3, -0.25) is 9.88 Å². The van der Waals surface area contributed by atoms with E-state index in [1.165, 1.54) is 12.1 Å². The van der Waals surface area contributed by atoms with Crippen LogP contribution in [0.5, 0.6) is 0 Å². The van der Waals surface area contributed by atoms with E-state index in [0.29, 0.717) is 25.4 Å². The fraction of sp³-hybridized carbons (Fsp3) is 0.300. The van der Waals surface area contributed by atoms with E-state index < -0.39 is 20.2 Å². The molecule has 1 aliphatic rings. The van der Waals surface area contributed by atoms with Gasteiger partial charge in [-0.05, 0) is 42.8 Å². The van der Waals surface area contributed by atoms with Gasteiger partial charge in [-0.15, -0.1) is 0 Å². The zero-order valence-electron chi connectivity index (χ0n) is 16.5. The van der Waals surface area contributed by atoms with E-state index in [1.807, 2.05) is 11.0 Å². The molecule has 11 heteroatoms. The zero-order chi connectivity index (χ0) is 22.2. The molecular weight excluding hydrogens is 431 g/mol. The fourth-order valence-corrected chi connectivity index (χ4v) is 4.38. The number of imidazole rings is 1. The minimum Gasteiger partial charge on any atom is -0.357 e. The van der Waals surface area contributed by atoms with Crippen molar-refractivity contribution in [3.8, 4) is 11.4 Å². The van der Waals surface area contributed by atoms with Gasteiger partial charge in [0.1, 0.15) is 5.82 Å². The number of nitrogens with zero attached hydrogens (tertiary/aromatic N) is 4. The molecule has 7 nitrogen and oxygen atoms in total. The number of benzene rings is 1. The molecule has 1 aliphatic heterocycles. The van der Waals surface area contributed by atoms with Crippen LogP contribution in [0, 0.1) is 0 Å². The second-order valence-corrected chi connectivity index (χ2v) is 9.31. The van der Waals surface area contributed by atoms with E-state index in [2.05, 4.69) is 26.8 Å². The van der Waals surface area contributed by atoms with Crippen LogP contribution in [-0.4, -0.2) is 53.0 Å². The second-order valence-electron chi connectivity index (χ2n) is 7.37.